The second kappa shape index (κ2) is 13.5. The second-order valence-electron chi connectivity index (χ2n) is 9.35. The number of rotatable bonds is 8. The third kappa shape index (κ3) is 8.02. The van der Waals surface area contributed by atoms with Gasteiger partial charge in [0.2, 0.25) is 0 Å². The number of likely N-dealkylation sites (N-methyl/N-ethyl adjacent to an activating group) is 1. The van der Waals surface area contributed by atoms with Crippen LogP contribution in [-0.2, 0) is 6.54 Å². The quantitative estimate of drug-likeness (QED) is 0.291. The van der Waals surface area contributed by atoms with Crippen LogP contribution in [0.1, 0.15) is 52.5 Å². The van der Waals surface area contributed by atoms with Crippen LogP contribution in [0.5, 0.6) is 0 Å². The van der Waals surface area contributed by atoms with E-state index < -0.39 is 0 Å². The fraction of sp³-hybridized carbons (Fsp3) is 0.750. The fourth-order valence-corrected chi connectivity index (χ4v) is 4.45. The summed E-state index contributed by atoms with van der Waals surface area (Å²) in [7, 11) is 0. The van der Waals surface area contributed by atoms with Crippen LogP contribution in [0.2, 0.25) is 0 Å². The summed E-state index contributed by atoms with van der Waals surface area (Å²) in [5, 5.41) is 6.99. The van der Waals surface area contributed by atoms with Gasteiger partial charge >= 0.3 is 0 Å². The van der Waals surface area contributed by atoms with E-state index in [1.807, 2.05) is 6.20 Å². The lowest BCUT2D eigenvalue weighted by molar-refractivity contribution is 0.0982. The molecule has 0 unspecified atom stereocenters. The lowest BCUT2D eigenvalue weighted by atomic mass is 9.98. The van der Waals surface area contributed by atoms with Crippen molar-refractivity contribution in [1.82, 2.24) is 25.4 Å². The molecule has 2 fully saturated rings. The summed E-state index contributed by atoms with van der Waals surface area (Å²) in [6.45, 7) is 19.3. The van der Waals surface area contributed by atoms with Crippen LogP contribution in [0.15, 0.2) is 23.3 Å². The molecule has 2 aliphatic rings. The zero-order chi connectivity index (χ0) is 22.1. The lowest BCUT2D eigenvalue weighted by Gasteiger charge is -2.41. The van der Waals surface area contributed by atoms with Gasteiger partial charge < -0.3 is 20.4 Å². The van der Waals surface area contributed by atoms with Crippen molar-refractivity contribution in [1.29, 1.82) is 0 Å². The van der Waals surface area contributed by atoms with Gasteiger partial charge in [-0.15, -0.1) is 24.0 Å². The van der Waals surface area contributed by atoms with Gasteiger partial charge in [-0.1, -0.05) is 13.3 Å². The molecule has 32 heavy (non-hydrogen) atoms. The molecule has 0 radical (unpaired) electrons. The number of halogens is 1. The van der Waals surface area contributed by atoms with Gasteiger partial charge in [-0.3, -0.25) is 4.90 Å². The van der Waals surface area contributed by atoms with Crippen molar-refractivity contribution in [3.05, 3.63) is 23.9 Å². The third-order valence-electron chi connectivity index (χ3n) is 6.62. The average Bonchev–Trinajstić information content (AvgIpc) is 2.82. The summed E-state index contributed by atoms with van der Waals surface area (Å²) in [5.41, 5.74) is 1.33. The van der Waals surface area contributed by atoms with Gasteiger partial charge in [0.25, 0.3) is 0 Å². The molecule has 2 saturated heterocycles. The summed E-state index contributed by atoms with van der Waals surface area (Å²) in [6, 6.07) is 4.28. The average molecular weight is 558 g/mol. The Morgan fingerprint density at radius 2 is 1.75 bits per heavy atom. The zero-order valence-corrected chi connectivity index (χ0v) is 22.9. The fourth-order valence-electron chi connectivity index (χ4n) is 4.45. The predicted octanol–water partition coefficient (Wildman–Crippen LogP) is 3.16. The van der Waals surface area contributed by atoms with E-state index in [4.69, 9.17) is 4.99 Å². The van der Waals surface area contributed by atoms with Crippen molar-refractivity contribution in [3.63, 3.8) is 0 Å². The molecule has 7 nitrogen and oxygen atoms in total. The number of piperazine rings is 1. The Morgan fingerprint density at radius 1 is 1.03 bits per heavy atom. The van der Waals surface area contributed by atoms with Crippen molar-refractivity contribution < 1.29 is 0 Å². The van der Waals surface area contributed by atoms with Crippen LogP contribution in [0.4, 0.5) is 5.82 Å². The Balaban J connectivity index is 0.00000363. The number of aromatic nitrogens is 1. The summed E-state index contributed by atoms with van der Waals surface area (Å²) >= 11 is 0. The van der Waals surface area contributed by atoms with Crippen molar-refractivity contribution in [2.75, 3.05) is 63.8 Å². The number of likely N-dealkylation sites (tertiary alicyclic amines) is 1. The lowest BCUT2D eigenvalue weighted by Crippen LogP contribution is -2.54. The number of hydrogen-bond donors (Lipinski definition) is 2. The first-order valence-electron chi connectivity index (χ1n) is 12.2. The Hall–Kier alpha value is -1.13. The molecule has 0 aromatic carbocycles. The molecule has 0 bridgehead atoms. The van der Waals surface area contributed by atoms with E-state index in [2.05, 4.69) is 70.1 Å². The molecule has 1 aromatic rings. The van der Waals surface area contributed by atoms with Crippen LogP contribution >= 0.6 is 24.0 Å². The highest BCUT2D eigenvalue weighted by Gasteiger charge is 2.27. The normalized spacial score (nSPS) is 18.9. The Kier molecular flexibility index (Phi) is 11.5. The summed E-state index contributed by atoms with van der Waals surface area (Å²) in [4.78, 5) is 17.0. The van der Waals surface area contributed by atoms with Crippen LogP contribution in [-0.4, -0.2) is 85.2 Å². The van der Waals surface area contributed by atoms with Crippen molar-refractivity contribution in [2.45, 2.75) is 59.0 Å². The Bertz CT molecular complexity index is 695. The number of piperidine rings is 1. The number of nitrogens with zero attached hydrogens (tertiary/aromatic N) is 5. The molecule has 0 saturated carbocycles. The van der Waals surface area contributed by atoms with E-state index >= 15 is 0 Å². The number of pyridine rings is 1. The minimum absolute atomic E-state index is 0. The standard InChI is InChI=1S/C24H43N7.HI/c1-5-25-23(28-20-24(3,4)31-12-8-7-9-13-31)27-19-21-10-11-26-22(18-21)30-16-14-29(6-2)15-17-30;/h10-11,18H,5-9,12-17,19-20H2,1-4H3,(H2,25,27,28);1H. The number of guanidine groups is 1. The number of anilines is 1. The van der Waals surface area contributed by atoms with Crippen LogP contribution < -0.4 is 15.5 Å². The van der Waals surface area contributed by atoms with Crippen LogP contribution in [0.25, 0.3) is 0 Å². The molecule has 0 aliphatic carbocycles. The molecule has 2 aliphatic heterocycles. The highest BCUT2D eigenvalue weighted by atomic mass is 127. The first-order valence-corrected chi connectivity index (χ1v) is 12.2. The molecular formula is C24H44IN7. The molecule has 8 heteroatoms. The van der Waals surface area contributed by atoms with Crippen molar-refractivity contribution in [3.8, 4) is 0 Å². The minimum atomic E-state index is 0. The predicted molar refractivity (Wildman–Crippen MR) is 146 cm³/mol. The largest absolute Gasteiger partial charge is 0.357 e. The first-order chi connectivity index (χ1) is 15.0. The first kappa shape index (κ1) is 27.1. The van der Waals surface area contributed by atoms with Gasteiger partial charge in [-0.2, -0.15) is 0 Å². The SMILES string of the molecule is CCNC(=NCc1ccnc(N2CCN(CC)CC2)c1)NCC(C)(C)N1CCCCC1.I. The van der Waals surface area contributed by atoms with Gasteiger partial charge in [0, 0.05) is 51.0 Å². The highest BCUT2D eigenvalue weighted by molar-refractivity contribution is 14.0. The molecule has 0 spiro atoms. The maximum absolute atomic E-state index is 4.86. The van der Waals surface area contributed by atoms with Gasteiger partial charge in [-0.25, -0.2) is 9.98 Å². The molecule has 3 rings (SSSR count). The molecule has 0 atom stereocenters. The summed E-state index contributed by atoms with van der Waals surface area (Å²) in [6.07, 6.45) is 5.92. The minimum Gasteiger partial charge on any atom is -0.357 e. The molecule has 1 aromatic heterocycles. The van der Waals surface area contributed by atoms with Gasteiger partial charge in [0.15, 0.2) is 5.96 Å². The van der Waals surface area contributed by atoms with E-state index in [0.717, 1.165) is 57.6 Å². The monoisotopic (exact) mass is 557 g/mol. The van der Waals surface area contributed by atoms with E-state index in [-0.39, 0.29) is 29.5 Å². The Morgan fingerprint density at radius 3 is 2.41 bits per heavy atom. The number of aliphatic imine (C=N–C) groups is 1. The van der Waals surface area contributed by atoms with Crippen LogP contribution in [0, 0.1) is 0 Å². The third-order valence-corrected chi connectivity index (χ3v) is 6.62. The topological polar surface area (TPSA) is 59.0 Å². The van der Waals surface area contributed by atoms with Crippen LogP contribution in [0.3, 0.4) is 0 Å². The van der Waals surface area contributed by atoms with E-state index in [9.17, 15) is 0 Å². The summed E-state index contributed by atoms with van der Waals surface area (Å²) < 4.78 is 0. The van der Waals surface area contributed by atoms with E-state index in [0.29, 0.717) is 6.54 Å². The molecule has 2 N–H and O–H groups in total. The zero-order valence-electron chi connectivity index (χ0n) is 20.6. The van der Waals surface area contributed by atoms with E-state index in [1.54, 1.807) is 0 Å². The van der Waals surface area contributed by atoms with Crippen molar-refractivity contribution >= 4 is 35.8 Å². The van der Waals surface area contributed by atoms with E-state index in [1.165, 1.54) is 37.9 Å². The maximum atomic E-state index is 4.86. The molecule has 0 amide bonds. The van der Waals surface area contributed by atoms with Crippen molar-refractivity contribution in [2.24, 2.45) is 4.99 Å². The Labute approximate surface area is 212 Å². The molecular weight excluding hydrogens is 513 g/mol. The molecule has 3 heterocycles. The van der Waals surface area contributed by atoms with Gasteiger partial charge in [-0.05, 0) is 70.9 Å². The van der Waals surface area contributed by atoms with Gasteiger partial charge in [0.1, 0.15) is 5.82 Å². The number of hydrogen-bond acceptors (Lipinski definition) is 5. The smallest absolute Gasteiger partial charge is 0.191 e. The molecule has 182 valence electrons. The highest BCUT2D eigenvalue weighted by Crippen LogP contribution is 2.20. The summed E-state index contributed by atoms with van der Waals surface area (Å²) in [5.74, 6) is 1.97. The number of nitrogens with one attached hydrogen (secondary N) is 2. The maximum Gasteiger partial charge on any atom is 0.191 e. The van der Waals surface area contributed by atoms with Gasteiger partial charge in [0.05, 0.1) is 6.54 Å². The second-order valence-corrected chi connectivity index (χ2v) is 9.35.